The first-order valence-corrected chi connectivity index (χ1v) is 5.67. The molecule has 0 spiro atoms. The third-order valence-corrected chi connectivity index (χ3v) is 2.75. The number of rotatable bonds is 2. The number of hydrogen-bond donors (Lipinski definition) is 1. The van der Waals surface area contributed by atoms with Crippen molar-refractivity contribution in [3.63, 3.8) is 0 Å². The van der Waals surface area contributed by atoms with E-state index >= 15 is 0 Å². The first kappa shape index (κ1) is 13.0. The van der Waals surface area contributed by atoms with Crippen LogP contribution in [0.4, 0.5) is 0 Å². The number of likely N-dealkylation sites (N-methyl/N-ethyl adjacent to an activating group) is 1. The molecular weight excluding hydrogens is 206 g/mol. The number of amides is 2. The van der Waals surface area contributed by atoms with Gasteiger partial charge in [-0.3, -0.25) is 9.59 Å². The Labute approximate surface area is 96.8 Å². The number of carbonyl (C=O) groups excluding carboxylic acids is 2. The van der Waals surface area contributed by atoms with E-state index in [1.165, 1.54) is 4.90 Å². The number of piperazine rings is 1. The number of carbonyl (C=O) groups is 2. The Hall–Kier alpha value is -1.10. The van der Waals surface area contributed by atoms with Crippen LogP contribution in [0.15, 0.2) is 0 Å². The van der Waals surface area contributed by atoms with Gasteiger partial charge in [-0.2, -0.15) is 0 Å². The zero-order chi connectivity index (χ0) is 12.3. The molecule has 1 aliphatic heterocycles. The van der Waals surface area contributed by atoms with E-state index in [4.69, 9.17) is 0 Å². The lowest BCUT2D eigenvalue weighted by atomic mass is 10.1. The predicted molar refractivity (Wildman–Crippen MR) is 61.9 cm³/mol. The molecule has 1 rings (SSSR count). The molecule has 16 heavy (non-hydrogen) atoms. The molecule has 0 aromatic rings. The van der Waals surface area contributed by atoms with Gasteiger partial charge < -0.3 is 15.1 Å². The smallest absolute Gasteiger partial charge is 0.246 e. The van der Waals surface area contributed by atoms with Crippen molar-refractivity contribution in [2.45, 2.75) is 19.9 Å². The van der Waals surface area contributed by atoms with Crippen LogP contribution in [0.5, 0.6) is 0 Å². The quantitative estimate of drug-likeness (QED) is 0.694. The lowest BCUT2D eigenvalue weighted by Gasteiger charge is -2.37. The summed E-state index contributed by atoms with van der Waals surface area (Å²) in [6.07, 6.45) is 0. The van der Waals surface area contributed by atoms with E-state index in [1.54, 1.807) is 19.0 Å². The van der Waals surface area contributed by atoms with Crippen LogP contribution in [-0.4, -0.2) is 61.4 Å². The number of hydrogen-bond acceptors (Lipinski definition) is 3. The van der Waals surface area contributed by atoms with Crippen molar-refractivity contribution in [2.75, 3.05) is 33.7 Å². The highest BCUT2D eigenvalue weighted by atomic mass is 16.2. The lowest BCUT2D eigenvalue weighted by Crippen LogP contribution is -2.60. The third-order valence-electron chi connectivity index (χ3n) is 2.75. The van der Waals surface area contributed by atoms with Crippen LogP contribution in [0.25, 0.3) is 0 Å². The molecule has 1 atom stereocenters. The van der Waals surface area contributed by atoms with Gasteiger partial charge in [-0.1, -0.05) is 13.8 Å². The van der Waals surface area contributed by atoms with Gasteiger partial charge in [-0.15, -0.1) is 0 Å². The van der Waals surface area contributed by atoms with Gasteiger partial charge in [0, 0.05) is 39.6 Å². The summed E-state index contributed by atoms with van der Waals surface area (Å²) in [5, 5.41) is 3.15. The van der Waals surface area contributed by atoms with Crippen molar-refractivity contribution in [1.29, 1.82) is 0 Å². The molecule has 5 heteroatoms. The summed E-state index contributed by atoms with van der Waals surface area (Å²) in [4.78, 5) is 27.1. The number of nitrogens with one attached hydrogen (secondary N) is 1. The lowest BCUT2D eigenvalue weighted by molar-refractivity contribution is -0.147. The topological polar surface area (TPSA) is 52.7 Å². The van der Waals surface area contributed by atoms with Crippen LogP contribution < -0.4 is 5.32 Å². The van der Waals surface area contributed by atoms with Gasteiger partial charge in [0.1, 0.15) is 6.04 Å². The first-order chi connectivity index (χ1) is 7.45. The molecule has 92 valence electrons. The largest absolute Gasteiger partial charge is 0.347 e. The maximum atomic E-state index is 12.0. The van der Waals surface area contributed by atoms with Crippen molar-refractivity contribution in [3.8, 4) is 0 Å². The Morgan fingerprint density at radius 3 is 2.50 bits per heavy atom. The SMILES string of the molecule is CC(C)C(=O)N1CCNCC1C(=O)N(C)C. The molecule has 1 unspecified atom stereocenters. The second kappa shape index (κ2) is 5.30. The zero-order valence-electron chi connectivity index (χ0n) is 10.5. The maximum Gasteiger partial charge on any atom is 0.246 e. The average molecular weight is 227 g/mol. The molecule has 0 aromatic heterocycles. The standard InChI is InChI=1S/C11H21N3O2/c1-8(2)10(15)14-6-5-12-7-9(14)11(16)13(3)4/h8-9,12H,5-7H2,1-4H3. The van der Waals surface area contributed by atoms with E-state index in [0.29, 0.717) is 13.1 Å². The summed E-state index contributed by atoms with van der Waals surface area (Å²) in [6, 6.07) is -0.348. The van der Waals surface area contributed by atoms with Gasteiger partial charge >= 0.3 is 0 Å². The predicted octanol–water partition coefficient (Wildman–Crippen LogP) is -0.469. The van der Waals surface area contributed by atoms with E-state index in [9.17, 15) is 9.59 Å². The molecule has 1 heterocycles. The molecule has 1 saturated heterocycles. The van der Waals surface area contributed by atoms with E-state index in [0.717, 1.165) is 6.54 Å². The van der Waals surface area contributed by atoms with E-state index < -0.39 is 0 Å². The summed E-state index contributed by atoms with van der Waals surface area (Å²) in [5.74, 6) is -0.0153. The van der Waals surface area contributed by atoms with Crippen molar-refractivity contribution in [2.24, 2.45) is 5.92 Å². The monoisotopic (exact) mass is 227 g/mol. The molecular formula is C11H21N3O2. The summed E-state index contributed by atoms with van der Waals surface area (Å²) in [6.45, 7) is 5.65. The van der Waals surface area contributed by atoms with Crippen LogP contribution in [0.3, 0.4) is 0 Å². The summed E-state index contributed by atoms with van der Waals surface area (Å²) >= 11 is 0. The van der Waals surface area contributed by atoms with E-state index in [1.807, 2.05) is 13.8 Å². The van der Waals surface area contributed by atoms with Crippen molar-refractivity contribution < 1.29 is 9.59 Å². The summed E-state index contributed by atoms with van der Waals surface area (Å²) < 4.78 is 0. The highest BCUT2D eigenvalue weighted by Crippen LogP contribution is 2.10. The highest BCUT2D eigenvalue weighted by molar-refractivity contribution is 5.88. The Balaban J connectivity index is 2.79. The van der Waals surface area contributed by atoms with Crippen LogP contribution in [0.1, 0.15) is 13.8 Å². The fourth-order valence-corrected chi connectivity index (χ4v) is 1.82. The molecule has 1 aliphatic rings. The molecule has 0 aromatic carbocycles. The molecule has 5 nitrogen and oxygen atoms in total. The molecule has 1 N–H and O–H groups in total. The molecule has 1 fully saturated rings. The van der Waals surface area contributed by atoms with Crippen LogP contribution in [0.2, 0.25) is 0 Å². The van der Waals surface area contributed by atoms with Gasteiger partial charge in [-0.05, 0) is 0 Å². The minimum absolute atomic E-state index is 0.0128. The van der Waals surface area contributed by atoms with Crippen molar-refractivity contribution in [3.05, 3.63) is 0 Å². The van der Waals surface area contributed by atoms with Gasteiger partial charge in [0.25, 0.3) is 0 Å². The van der Waals surface area contributed by atoms with Gasteiger partial charge in [-0.25, -0.2) is 0 Å². The van der Waals surface area contributed by atoms with Crippen LogP contribution in [-0.2, 0) is 9.59 Å². The average Bonchev–Trinajstić information content (AvgIpc) is 2.26. The third kappa shape index (κ3) is 2.72. The normalized spacial score (nSPS) is 21.1. The molecule has 0 aliphatic carbocycles. The summed E-state index contributed by atoms with van der Waals surface area (Å²) in [5.41, 5.74) is 0. The Morgan fingerprint density at radius 2 is 2.00 bits per heavy atom. The number of nitrogens with zero attached hydrogens (tertiary/aromatic N) is 2. The second-order valence-corrected chi connectivity index (χ2v) is 4.64. The molecule has 0 radical (unpaired) electrons. The zero-order valence-corrected chi connectivity index (χ0v) is 10.5. The Kier molecular flexibility index (Phi) is 4.29. The maximum absolute atomic E-state index is 12.0. The summed E-state index contributed by atoms with van der Waals surface area (Å²) in [7, 11) is 3.43. The van der Waals surface area contributed by atoms with Crippen LogP contribution in [0, 0.1) is 5.92 Å². The fraction of sp³-hybridized carbons (Fsp3) is 0.818. The Bertz CT molecular complexity index is 248. The minimum atomic E-state index is -0.348. The van der Waals surface area contributed by atoms with Gasteiger partial charge in [0.2, 0.25) is 11.8 Å². The minimum Gasteiger partial charge on any atom is -0.347 e. The van der Waals surface area contributed by atoms with E-state index in [-0.39, 0.29) is 23.8 Å². The van der Waals surface area contributed by atoms with Crippen molar-refractivity contribution >= 4 is 11.8 Å². The van der Waals surface area contributed by atoms with Gasteiger partial charge in [0.15, 0.2) is 0 Å². The second-order valence-electron chi connectivity index (χ2n) is 4.64. The van der Waals surface area contributed by atoms with Crippen molar-refractivity contribution in [1.82, 2.24) is 15.1 Å². The molecule has 2 amide bonds. The van der Waals surface area contributed by atoms with Gasteiger partial charge in [0.05, 0.1) is 0 Å². The molecule has 0 saturated carbocycles. The highest BCUT2D eigenvalue weighted by Gasteiger charge is 2.33. The first-order valence-electron chi connectivity index (χ1n) is 5.67. The fourth-order valence-electron chi connectivity index (χ4n) is 1.82. The Morgan fingerprint density at radius 1 is 1.38 bits per heavy atom. The van der Waals surface area contributed by atoms with E-state index in [2.05, 4.69) is 5.32 Å². The molecule has 0 bridgehead atoms. The van der Waals surface area contributed by atoms with Crippen LogP contribution >= 0.6 is 0 Å².